The maximum atomic E-state index is 11.7. The fraction of sp³-hybridized carbons (Fsp3) is 0.700. The molecule has 1 fully saturated rings. The van der Waals surface area contributed by atoms with Crippen LogP contribution in [0.3, 0.4) is 0 Å². The number of hydrogen-bond acceptors (Lipinski definition) is 3. The van der Waals surface area contributed by atoms with E-state index < -0.39 is 23.5 Å². The SMILES string of the molecule is CC(NC(N)=O)(C(=O)O)C1CCCCC1=O. The second kappa shape index (κ2) is 4.51. The minimum atomic E-state index is -1.59. The van der Waals surface area contributed by atoms with Gasteiger partial charge in [-0.15, -0.1) is 0 Å². The summed E-state index contributed by atoms with van der Waals surface area (Å²) in [5.41, 5.74) is 3.35. The average Bonchev–Trinajstić information content (AvgIpc) is 2.16. The number of hydrogen-bond donors (Lipinski definition) is 3. The predicted molar refractivity (Wildman–Crippen MR) is 55.7 cm³/mol. The van der Waals surface area contributed by atoms with Gasteiger partial charge in [0.05, 0.1) is 5.92 Å². The van der Waals surface area contributed by atoms with Crippen LogP contribution >= 0.6 is 0 Å². The summed E-state index contributed by atoms with van der Waals surface area (Å²) < 4.78 is 0. The topological polar surface area (TPSA) is 109 Å². The van der Waals surface area contributed by atoms with Crippen molar-refractivity contribution in [2.45, 2.75) is 38.1 Å². The Balaban J connectivity index is 2.95. The Morgan fingerprint density at radius 2 is 2.12 bits per heavy atom. The first kappa shape index (κ1) is 12.5. The number of carbonyl (C=O) groups excluding carboxylic acids is 2. The van der Waals surface area contributed by atoms with Crippen LogP contribution in [0.25, 0.3) is 0 Å². The van der Waals surface area contributed by atoms with Gasteiger partial charge >= 0.3 is 12.0 Å². The van der Waals surface area contributed by atoms with Crippen LogP contribution in [0, 0.1) is 5.92 Å². The maximum absolute atomic E-state index is 11.7. The third-order valence-electron chi connectivity index (χ3n) is 3.08. The molecule has 2 amide bonds. The molecule has 1 aliphatic rings. The molecule has 0 aromatic rings. The Morgan fingerprint density at radius 1 is 1.50 bits per heavy atom. The molecule has 2 atom stereocenters. The van der Waals surface area contributed by atoms with Gasteiger partial charge in [-0.1, -0.05) is 6.42 Å². The highest BCUT2D eigenvalue weighted by Gasteiger charge is 2.46. The molecule has 0 aromatic heterocycles. The van der Waals surface area contributed by atoms with Gasteiger partial charge in [0, 0.05) is 6.42 Å². The number of rotatable bonds is 3. The quantitative estimate of drug-likeness (QED) is 0.643. The van der Waals surface area contributed by atoms with Crippen LogP contribution in [-0.4, -0.2) is 28.4 Å². The molecule has 0 aromatic carbocycles. The van der Waals surface area contributed by atoms with Gasteiger partial charge in [0.15, 0.2) is 0 Å². The summed E-state index contributed by atoms with van der Waals surface area (Å²) in [7, 11) is 0. The lowest BCUT2D eigenvalue weighted by Crippen LogP contribution is -2.61. The van der Waals surface area contributed by atoms with Gasteiger partial charge in [-0.2, -0.15) is 0 Å². The Morgan fingerprint density at radius 3 is 2.56 bits per heavy atom. The molecule has 1 rings (SSSR count). The normalized spacial score (nSPS) is 24.6. The van der Waals surface area contributed by atoms with Gasteiger partial charge < -0.3 is 16.2 Å². The second-order valence-electron chi connectivity index (χ2n) is 4.26. The lowest BCUT2D eigenvalue weighted by Gasteiger charge is -2.35. The highest BCUT2D eigenvalue weighted by atomic mass is 16.4. The molecule has 0 spiro atoms. The van der Waals surface area contributed by atoms with Crippen LogP contribution in [0.2, 0.25) is 0 Å². The van der Waals surface area contributed by atoms with Crippen molar-refractivity contribution in [3.8, 4) is 0 Å². The first-order valence-electron chi connectivity index (χ1n) is 5.21. The van der Waals surface area contributed by atoms with E-state index in [2.05, 4.69) is 5.32 Å². The molecule has 90 valence electrons. The third-order valence-corrected chi connectivity index (χ3v) is 3.08. The summed E-state index contributed by atoms with van der Waals surface area (Å²) in [5.74, 6) is -2.04. The van der Waals surface area contributed by atoms with Crippen LogP contribution in [-0.2, 0) is 9.59 Å². The molecule has 0 saturated heterocycles. The molecule has 0 bridgehead atoms. The Kier molecular flexibility index (Phi) is 3.51. The second-order valence-corrected chi connectivity index (χ2v) is 4.26. The molecule has 4 N–H and O–H groups in total. The zero-order chi connectivity index (χ0) is 12.3. The smallest absolute Gasteiger partial charge is 0.329 e. The number of urea groups is 1. The number of carboxylic acids is 1. The van der Waals surface area contributed by atoms with Gasteiger partial charge in [-0.3, -0.25) is 4.79 Å². The summed E-state index contributed by atoms with van der Waals surface area (Å²) >= 11 is 0. The van der Waals surface area contributed by atoms with Gasteiger partial charge in [0.2, 0.25) is 0 Å². The minimum absolute atomic E-state index is 0.120. The van der Waals surface area contributed by atoms with Crippen molar-refractivity contribution >= 4 is 17.8 Å². The Bertz CT molecular complexity index is 329. The van der Waals surface area contributed by atoms with Crippen molar-refractivity contribution in [1.29, 1.82) is 0 Å². The van der Waals surface area contributed by atoms with E-state index in [1.165, 1.54) is 6.92 Å². The van der Waals surface area contributed by atoms with Gasteiger partial charge in [0.1, 0.15) is 11.3 Å². The van der Waals surface area contributed by atoms with Gasteiger partial charge in [-0.05, 0) is 19.8 Å². The van der Waals surface area contributed by atoms with Crippen molar-refractivity contribution in [3.63, 3.8) is 0 Å². The molecule has 6 nitrogen and oxygen atoms in total. The molecule has 1 aliphatic carbocycles. The van der Waals surface area contributed by atoms with E-state index >= 15 is 0 Å². The Labute approximate surface area is 93.2 Å². The number of nitrogens with one attached hydrogen (secondary N) is 1. The molecule has 6 heteroatoms. The Hall–Kier alpha value is -1.59. The highest BCUT2D eigenvalue weighted by Crippen LogP contribution is 2.30. The van der Waals surface area contributed by atoms with Crippen molar-refractivity contribution in [3.05, 3.63) is 0 Å². The fourth-order valence-corrected chi connectivity index (χ4v) is 2.14. The number of nitrogens with two attached hydrogens (primary N) is 1. The maximum Gasteiger partial charge on any atom is 0.329 e. The van der Waals surface area contributed by atoms with Crippen LogP contribution < -0.4 is 11.1 Å². The molecule has 0 radical (unpaired) electrons. The largest absolute Gasteiger partial charge is 0.479 e. The first-order valence-corrected chi connectivity index (χ1v) is 5.21. The molecule has 1 saturated carbocycles. The van der Waals surface area contributed by atoms with E-state index in [4.69, 9.17) is 10.8 Å². The highest BCUT2D eigenvalue weighted by molar-refractivity contribution is 5.94. The van der Waals surface area contributed by atoms with Crippen molar-refractivity contribution in [2.75, 3.05) is 0 Å². The average molecular weight is 228 g/mol. The van der Waals surface area contributed by atoms with Crippen molar-refractivity contribution < 1.29 is 19.5 Å². The number of aliphatic carboxylic acids is 1. The van der Waals surface area contributed by atoms with E-state index in [0.717, 1.165) is 12.8 Å². The van der Waals surface area contributed by atoms with E-state index in [-0.39, 0.29) is 5.78 Å². The molecule has 0 aliphatic heterocycles. The zero-order valence-corrected chi connectivity index (χ0v) is 9.16. The van der Waals surface area contributed by atoms with Crippen LogP contribution in [0.1, 0.15) is 32.6 Å². The third kappa shape index (κ3) is 2.32. The minimum Gasteiger partial charge on any atom is -0.479 e. The number of primary amides is 1. The van der Waals surface area contributed by atoms with E-state index in [1.807, 2.05) is 0 Å². The lowest BCUT2D eigenvalue weighted by molar-refractivity contribution is -0.150. The summed E-state index contributed by atoms with van der Waals surface area (Å²) in [6, 6.07) is -0.928. The summed E-state index contributed by atoms with van der Waals surface area (Å²) in [6.07, 6.45) is 2.41. The molecular weight excluding hydrogens is 212 g/mol. The number of carbonyl (C=O) groups is 3. The molecular formula is C10H16N2O4. The van der Waals surface area contributed by atoms with Crippen molar-refractivity contribution in [1.82, 2.24) is 5.32 Å². The van der Waals surface area contributed by atoms with E-state index in [0.29, 0.717) is 12.8 Å². The van der Waals surface area contributed by atoms with Crippen LogP contribution in [0.4, 0.5) is 4.79 Å². The standard InChI is InChI=1S/C10H16N2O4/c1-10(8(14)15,12-9(11)16)6-4-2-3-5-7(6)13/h6H,2-5H2,1H3,(H,14,15)(H3,11,12,16). The van der Waals surface area contributed by atoms with E-state index in [9.17, 15) is 14.4 Å². The predicted octanol–water partition coefficient (Wildman–Crippen LogP) is 0.257. The molecule has 0 heterocycles. The van der Waals surface area contributed by atoms with Gasteiger partial charge in [0.25, 0.3) is 0 Å². The molecule has 2 unspecified atom stereocenters. The number of Topliss-reactive ketones (excluding diaryl/α,β-unsaturated/α-hetero) is 1. The number of carboxylic acid groups (broad SMARTS) is 1. The monoisotopic (exact) mass is 228 g/mol. The first-order chi connectivity index (χ1) is 7.38. The summed E-state index contributed by atoms with van der Waals surface area (Å²) in [6.45, 7) is 1.33. The van der Waals surface area contributed by atoms with Crippen molar-refractivity contribution in [2.24, 2.45) is 11.7 Å². The van der Waals surface area contributed by atoms with E-state index in [1.54, 1.807) is 0 Å². The van der Waals surface area contributed by atoms with Gasteiger partial charge in [-0.25, -0.2) is 9.59 Å². The lowest BCUT2D eigenvalue weighted by atomic mass is 9.75. The number of amides is 2. The van der Waals surface area contributed by atoms with Crippen LogP contribution in [0.5, 0.6) is 0 Å². The summed E-state index contributed by atoms with van der Waals surface area (Å²) in [4.78, 5) is 33.7. The number of ketones is 1. The zero-order valence-electron chi connectivity index (χ0n) is 9.16. The fourth-order valence-electron chi connectivity index (χ4n) is 2.14. The summed E-state index contributed by atoms with van der Waals surface area (Å²) in [5, 5.41) is 11.3. The van der Waals surface area contributed by atoms with Crippen LogP contribution in [0.15, 0.2) is 0 Å². The molecule has 16 heavy (non-hydrogen) atoms.